The van der Waals surface area contributed by atoms with Gasteiger partial charge in [-0.2, -0.15) is 5.26 Å². The van der Waals surface area contributed by atoms with E-state index in [0.717, 1.165) is 38.8 Å². The lowest BCUT2D eigenvalue weighted by atomic mass is 9.69. The number of hydrogen-bond donors (Lipinski definition) is 2. The standard InChI is InChI=1S/C32H46N6O3/c1-4-29(39)38-17-16-37(20-24(38)12-14-33)30-27-11-13-32(18-23-8-5-6-10-26(23)22(2)41-32)19-28(27)34-31(35-30)40-21-25-9-7-15-36(25)3/h4-6,8,10,22,24-25,27-28,30-31,34-35H,1,7,9,11-13,15-21H2,2-3H3/t22?,24?,25?,27?,28?,30?,31?,32-/m1/s1. The molecule has 9 heteroatoms. The molecule has 1 saturated carbocycles. The molecule has 8 atom stereocenters. The van der Waals surface area contributed by atoms with Gasteiger partial charge in [0, 0.05) is 44.1 Å². The number of fused-ring (bicyclic) bond motifs is 2. The van der Waals surface area contributed by atoms with Crippen LogP contribution in [0.5, 0.6) is 0 Å². The number of carbonyl (C=O) groups excluding carboxylic acids is 1. The molecular formula is C32H46N6O3. The minimum atomic E-state index is -0.263. The Labute approximate surface area is 244 Å². The van der Waals surface area contributed by atoms with Crippen molar-refractivity contribution in [3.8, 4) is 6.07 Å². The fraction of sp³-hybridized carbons (Fsp3) is 0.688. The molecule has 3 saturated heterocycles. The second-order valence-corrected chi connectivity index (χ2v) is 12.8. The van der Waals surface area contributed by atoms with E-state index >= 15 is 0 Å². The van der Waals surface area contributed by atoms with Gasteiger partial charge < -0.3 is 19.3 Å². The lowest BCUT2D eigenvalue weighted by Crippen LogP contribution is -2.73. The van der Waals surface area contributed by atoms with Crippen LogP contribution >= 0.6 is 0 Å². The summed E-state index contributed by atoms with van der Waals surface area (Å²) in [5, 5.41) is 17.2. The Hall–Kier alpha value is -2.32. The van der Waals surface area contributed by atoms with Gasteiger partial charge in [0.25, 0.3) is 0 Å². The number of nitrogens with one attached hydrogen (secondary N) is 2. The van der Waals surface area contributed by atoms with Crippen molar-refractivity contribution in [1.82, 2.24) is 25.3 Å². The van der Waals surface area contributed by atoms with Crippen LogP contribution in [0.1, 0.15) is 62.7 Å². The highest BCUT2D eigenvalue weighted by atomic mass is 16.5. The van der Waals surface area contributed by atoms with E-state index in [-0.39, 0.29) is 42.2 Å². The first-order valence-corrected chi connectivity index (χ1v) is 15.5. The summed E-state index contributed by atoms with van der Waals surface area (Å²) < 4.78 is 13.4. The van der Waals surface area contributed by atoms with Gasteiger partial charge in [0.2, 0.25) is 5.91 Å². The Morgan fingerprint density at radius 3 is 2.88 bits per heavy atom. The van der Waals surface area contributed by atoms with Gasteiger partial charge >= 0.3 is 0 Å². The second kappa shape index (κ2) is 12.1. The molecule has 5 aliphatic rings. The first kappa shape index (κ1) is 28.8. The first-order valence-electron chi connectivity index (χ1n) is 15.5. The second-order valence-electron chi connectivity index (χ2n) is 12.8. The van der Waals surface area contributed by atoms with E-state index in [1.54, 1.807) is 0 Å². The summed E-state index contributed by atoms with van der Waals surface area (Å²) in [6, 6.07) is 11.6. The van der Waals surface area contributed by atoms with Crippen molar-refractivity contribution in [3.63, 3.8) is 0 Å². The van der Waals surface area contributed by atoms with Crippen LogP contribution in [0.3, 0.4) is 0 Å². The van der Waals surface area contributed by atoms with Gasteiger partial charge in [-0.05, 0) is 69.8 Å². The zero-order chi connectivity index (χ0) is 28.6. The molecule has 2 N–H and O–H groups in total. The number of carbonyl (C=O) groups is 1. The molecule has 0 bridgehead atoms. The molecule has 4 heterocycles. The van der Waals surface area contributed by atoms with Crippen molar-refractivity contribution >= 4 is 5.91 Å². The molecular weight excluding hydrogens is 516 g/mol. The van der Waals surface area contributed by atoms with Crippen LogP contribution in [0.4, 0.5) is 0 Å². The van der Waals surface area contributed by atoms with Gasteiger partial charge in [0.15, 0.2) is 6.35 Å². The summed E-state index contributed by atoms with van der Waals surface area (Å²) in [6.45, 7) is 9.70. The molecule has 6 rings (SSSR count). The summed E-state index contributed by atoms with van der Waals surface area (Å²) in [5.74, 6) is 0.279. The average Bonchev–Trinajstić information content (AvgIpc) is 3.39. The maximum Gasteiger partial charge on any atom is 0.246 e. The maximum atomic E-state index is 12.6. The van der Waals surface area contributed by atoms with Gasteiger partial charge in [0.05, 0.1) is 43.0 Å². The molecule has 7 unspecified atom stereocenters. The molecule has 1 aromatic carbocycles. The van der Waals surface area contributed by atoms with E-state index in [4.69, 9.17) is 9.47 Å². The van der Waals surface area contributed by atoms with Crippen LogP contribution in [-0.2, 0) is 20.7 Å². The predicted octanol–water partition coefficient (Wildman–Crippen LogP) is 2.75. The molecule has 9 nitrogen and oxygen atoms in total. The van der Waals surface area contributed by atoms with E-state index in [1.807, 2.05) is 4.90 Å². The highest BCUT2D eigenvalue weighted by molar-refractivity contribution is 5.87. The molecule has 0 radical (unpaired) electrons. The monoisotopic (exact) mass is 562 g/mol. The fourth-order valence-corrected chi connectivity index (χ4v) is 8.24. The van der Waals surface area contributed by atoms with Crippen LogP contribution in [0, 0.1) is 17.2 Å². The van der Waals surface area contributed by atoms with Crippen molar-refractivity contribution < 1.29 is 14.3 Å². The normalized spacial score (nSPS) is 37.8. The SMILES string of the molecule is C=CC(=O)N1CCN(C2NC(OCC3CCCN3C)NC3C[C@@]4(CCC32)Cc2ccccc2C(C)O4)CC1CC#N. The quantitative estimate of drug-likeness (QED) is 0.512. The summed E-state index contributed by atoms with van der Waals surface area (Å²) in [7, 11) is 2.19. The van der Waals surface area contributed by atoms with Gasteiger partial charge in [-0.1, -0.05) is 30.8 Å². The van der Waals surface area contributed by atoms with Crippen molar-refractivity contribution in [2.75, 3.05) is 39.8 Å². The Balaban J connectivity index is 1.22. The number of nitrogens with zero attached hydrogens (tertiary/aromatic N) is 4. The molecule has 1 aromatic rings. The molecule has 4 aliphatic heterocycles. The number of amides is 1. The smallest absolute Gasteiger partial charge is 0.246 e. The Morgan fingerprint density at radius 2 is 2.10 bits per heavy atom. The van der Waals surface area contributed by atoms with E-state index in [1.165, 1.54) is 30.0 Å². The molecule has 41 heavy (non-hydrogen) atoms. The highest BCUT2D eigenvalue weighted by Gasteiger charge is 2.51. The fourth-order valence-electron chi connectivity index (χ4n) is 8.24. The summed E-state index contributed by atoms with van der Waals surface area (Å²) in [4.78, 5) is 19.2. The molecule has 1 spiro atoms. The predicted molar refractivity (Wildman–Crippen MR) is 156 cm³/mol. The minimum absolute atomic E-state index is 0.0844. The number of nitriles is 1. The third-order valence-corrected chi connectivity index (χ3v) is 10.4. The van der Waals surface area contributed by atoms with Crippen molar-refractivity contribution in [2.24, 2.45) is 5.92 Å². The van der Waals surface area contributed by atoms with E-state index in [2.05, 4.69) is 71.3 Å². The summed E-state index contributed by atoms with van der Waals surface area (Å²) in [6.07, 6.45) is 7.93. The lowest BCUT2D eigenvalue weighted by molar-refractivity contribution is -0.165. The average molecular weight is 563 g/mol. The van der Waals surface area contributed by atoms with Crippen LogP contribution < -0.4 is 10.6 Å². The van der Waals surface area contributed by atoms with Crippen LogP contribution in [0.25, 0.3) is 0 Å². The van der Waals surface area contributed by atoms with Crippen molar-refractivity contribution in [3.05, 3.63) is 48.0 Å². The van der Waals surface area contributed by atoms with Gasteiger partial charge in [-0.3, -0.25) is 20.3 Å². The van der Waals surface area contributed by atoms with Crippen LogP contribution in [-0.4, -0.2) is 96.7 Å². The van der Waals surface area contributed by atoms with E-state index < -0.39 is 0 Å². The first-order chi connectivity index (χ1) is 19.9. The van der Waals surface area contributed by atoms with Crippen molar-refractivity contribution in [2.45, 2.75) is 94.2 Å². The topological polar surface area (TPSA) is 93.1 Å². The number of piperazine rings is 1. The number of ether oxygens (including phenoxy) is 2. The molecule has 0 aromatic heterocycles. The van der Waals surface area contributed by atoms with E-state index in [0.29, 0.717) is 38.1 Å². The molecule has 222 valence electrons. The largest absolute Gasteiger partial charge is 0.367 e. The maximum absolute atomic E-state index is 12.6. The highest BCUT2D eigenvalue weighted by Crippen LogP contribution is 2.47. The zero-order valence-corrected chi connectivity index (χ0v) is 24.6. The van der Waals surface area contributed by atoms with Crippen molar-refractivity contribution in [1.29, 1.82) is 5.26 Å². The lowest BCUT2D eigenvalue weighted by Gasteiger charge is -2.56. The third kappa shape index (κ3) is 5.83. The Morgan fingerprint density at radius 1 is 1.24 bits per heavy atom. The van der Waals surface area contributed by atoms with Gasteiger partial charge in [0.1, 0.15) is 0 Å². The number of likely N-dealkylation sites (tertiary alicyclic amines) is 1. The summed E-state index contributed by atoms with van der Waals surface area (Å²) in [5.41, 5.74) is 2.54. The van der Waals surface area contributed by atoms with Crippen LogP contribution in [0.15, 0.2) is 36.9 Å². The Kier molecular flexibility index (Phi) is 8.51. The Bertz CT molecular complexity index is 1160. The van der Waals surface area contributed by atoms with Crippen LogP contribution in [0.2, 0.25) is 0 Å². The number of benzene rings is 1. The molecule has 1 aliphatic carbocycles. The summed E-state index contributed by atoms with van der Waals surface area (Å²) >= 11 is 0. The number of rotatable bonds is 6. The number of likely N-dealkylation sites (N-methyl/N-ethyl adjacent to an activating group) is 1. The number of hydrogen-bond acceptors (Lipinski definition) is 8. The van der Waals surface area contributed by atoms with Gasteiger partial charge in [-0.15, -0.1) is 0 Å². The minimum Gasteiger partial charge on any atom is -0.367 e. The molecule has 1 amide bonds. The zero-order valence-electron chi connectivity index (χ0n) is 24.6. The third-order valence-electron chi connectivity index (χ3n) is 10.4. The molecule has 4 fully saturated rings. The van der Waals surface area contributed by atoms with Gasteiger partial charge in [-0.25, -0.2) is 0 Å². The van der Waals surface area contributed by atoms with E-state index in [9.17, 15) is 10.1 Å².